The highest BCUT2D eigenvalue weighted by Gasteiger charge is 2.13. The third kappa shape index (κ3) is 2.33. The zero-order chi connectivity index (χ0) is 13.1. The van der Waals surface area contributed by atoms with E-state index in [2.05, 4.69) is 10.1 Å². The first kappa shape index (κ1) is 11.5. The Morgan fingerprint density at radius 3 is 2.53 bits per heavy atom. The van der Waals surface area contributed by atoms with Gasteiger partial charge in [-0.2, -0.15) is 0 Å². The summed E-state index contributed by atoms with van der Waals surface area (Å²) >= 11 is 0. The number of rotatable bonds is 3. The Balaban J connectivity index is 1.94. The molecule has 0 atom stereocenters. The van der Waals surface area contributed by atoms with Crippen molar-refractivity contribution >= 4 is 16.8 Å². The summed E-state index contributed by atoms with van der Waals surface area (Å²) in [7, 11) is 0. The van der Waals surface area contributed by atoms with Gasteiger partial charge in [0, 0.05) is 6.42 Å². The van der Waals surface area contributed by atoms with Gasteiger partial charge in [-0.1, -0.05) is 47.6 Å². The van der Waals surface area contributed by atoms with E-state index in [9.17, 15) is 0 Å². The van der Waals surface area contributed by atoms with Crippen LogP contribution in [0.3, 0.4) is 0 Å². The van der Waals surface area contributed by atoms with Gasteiger partial charge < -0.3 is 9.62 Å². The van der Waals surface area contributed by atoms with Crippen LogP contribution < -0.4 is 0 Å². The minimum Gasteiger partial charge on any atom is -0.435 e. The summed E-state index contributed by atoms with van der Waals surface area (Å²) < 4.78 is 5.59. The number of fused-ring (bicyclic) bond motifs is 1. The molecule has 4 heteroatoms. The summed E-state index contributed by atoms with van der Waals surface area (Å²) in [6.07, 6.45) is 0.476. The average molecular weight is 252 g/mol. The second-order valence-corrected chi connectivity index (χ2v) is 4.20. The second-order valence-electron chi connectivity index (χ2n) is 4.20. The zero-order valence-corrected chi connectivity index (χ0v) is 10.2. The van der Waals surface area contributed by atoms with Crippen molar-refractivity contribution in [3.63, 3.8) is 0 Å². The Morgan fingerprint density at radius 1 is 1.05 bits per heavy atom. The molecule has 0 unspecified atom stereocenters. The van der Waals surface area contributed by atoms with Gasteiger partial charge in [-0.25, -0.2) is 4.98 Å². The van der Waals surface area contributed by atoms with E-state index in [0.717, 1.165) is 11.1 Å². The molecule has 0 bridgehead atoms. The van der Waals surface area contributed by atoms with Crippen LogP contribution in [-0.4, -0.2) is 15.9 Å². The van der Waals surface area contributed by atoms with Crippen molar-refractivity contribution in [2.24, 2.45) is 5.16 Å². The molecule has 1 N–H and O–H groups in total. The summed E-state index contributed by atoms with van der Waals surface area (Å²) in [5, 5.41) is 12.5. The molecule has 3 aromatic rings. The van der Waals surface area contributed by atoms with Crippen LogP contribution >= 0.6 is 0 Å². The lowest BCUT2D eigenvalue weighted by molar-refractivity contribution is 0.317. The van der Waals surface area contributed by atoms with Crippen LogP contribution in [-0.2, 0) is 6.42 Å². The van der Waals surface area contributed by atoms with E-state index in [0.29, 0.717) is 23.6 Å². The molecular formula is C15H12N2O2. The molecule has 0 amide bonds. The quantitative estimate of drug-likeness (QED) is 0.442. The highest BCUT2D eigenvalue weighted by molar-refractivity contribution is 5.99. The van der Waals surface area contributed by atoms with E-state index in [-0.39, 0.29) is 0 Å². The van der Waals surface area contributed by atoms with Crippen molar-refractivity contribution in [2.45, 2.75) is 6.42 Å². The number of aromatic nitrogens is 1. The monoisotopic (exact) mass is 252 g/mol. The minimum atomic E-state index is 0.354. The Hall–Kier alpha value is -2.62. The fourth-order valence-corrected chi connectivity index (χ4v) is 1.94. The second kappa shape index (κ2) is 4.94. The van der Waals surface area contributed by atoms with E-state index in [1.807, 2.05) is 54.6 Å². The van der Waals surface area contributed by atoms with Gasteiger partial charge in [0.05, 0.1) is 0 Å². The van der Waals surface area contributed by atoms with Crippen molar-refractivity contribution in [2.75, 3.05) is 0 Å². The van der Waals surface area contributed by atoms with Crippen LogP contribution in [0.1, 0.15) is 11.5 Å². The molecule has 1 aromatic heterocycles. The van der Waals surface area contributed by atoms with Gasteiger partial charge in [0.25, 0.3) is 0 Å². The predicted molar refractivity (Wildman–Crippen MR) is 72.5 cm³/mol. The third-order valence-corrected chi connectivity index (χ3v) is 2.88. The summed E-state index contributed by atoms with van der Waals surface area (Å²) in [5.41, 5.74) is 2.90. The summed E-state index contributed by atoms with van der Waals surface area (Å²) in [6, 6.07) is 17.2. The summed E-state index contributed by atoms with van der Waals surface area (Å²) in [6.45, 7) is 0. The summed E-state index contributed by atoms with van der Waals surface area (Å²) in [4.78, 5) is 4.32. The van der Waals surface area contributed by atoms with E-state index in [1.165, 1.54) is 0 Å². The van der Waals surface area contributed by atoms with Crippen LogP contribution in [0.15, 0.2) is 64.2 Å². The lowest BCUT2D eigenvalue weighted by Crippen LogP contribution is -2.05. The first-order valence-corrected chi connectivity index (χ1v) is 5.97. The standard InChI is InChI=1S/C15H12N2O2/c18-17-13(10-11-6-2-1-3-7-11)15-16-12-8-4-5-9-14(12)19-15/h1-9,18H,10H2/b17-13+. The van der Waals surface area contributed by atoms with E-state index in [4.69, 9.17) is 9.62 Å². The number of hydrogen-bond donors (Lipinski definition) is 1. The number of hydrogen-bond acceptors (Lipinski definition) is 4. The average Bonchev–Trinajstić information content (AvgIpc) is 2.89. The smallest absolute Gasteiger partial charge is 0.245 e. The SMILES string of the molecule is O/N=C(\Cc1ccccc1)c1nc2ccccc2o1. The van der Waals surface area contributed by atoms with Crippen molar-refractivity contribution in [1.29, 1.82) is 0 Å². The topological polar surface area (TPSA) is 58.6 Å². The molecule has 0 fully saturated rings. The van der Waals surface area contributed by atoms with Gasteiger partial charge in [0.1, 0.15) is 11.2 Å². The fraction of sp³-hybridized carbons (Fsp3) is 0.0667. The zero-order valence-electron chi connectivity index (χ0n) is 10.2. The molecule has 1 heterocycles. The highest BCUT2D eigenvalue weighted by atomic mass is 16.4. The minimum absolute atomic E-state index is 0.354. The Kier molecular flexibility index (Phi) is 2.98. The van der Waals surface area contributed by atoms with Crippen molar-refractivity contribution in [1.82, 2.24) is 4.98 Å². The molecule has 3 rings (SSSR count). The van der Waals surface area contributed by atoms with Crippen molar-refractivity contribution in [3.8, 4) is 0 Å². The molecule has 0 aliphatic carbocycles. The van der Waals surface area contributed by atoms with Gasteiger partial charge in [0.15, 0.2) is 5.58 Å². The highest BCUT2D eigenvalue weighted by Crippen LogP contribution is 2.16. The van der Waals surface area contributed by atoms with Crippen LogP contribution in [0, 0.1) is 0 Å². The van der Waals surface area contributed by atoms with E-state index < -0.39 is 0 Å². The Morgan fingerprint density at radius 2 is 1.79 bits per heavy atom. The number of benzene rings is 2. The predicted octanol–water partition coefficient (Wildman–Crippen LogP) is 3.25. The van der Waals surface area contributed by atoms with E-state index in [1.54, 1.807) is 0 Å². The normalized spacial score (nSPS) is 11.9. The maximum Gasteiger partial charge on any atom is 0.245 e. The molecular weight excluding hydrogens is 240 g/mol. The Bertz CT molecular complexity index is 684. The molecule has 19 heavy (non-hydrogen) atoms. The molecule has 2 aromatic carbocycles. The van der Waals surface area contributed by atoms with Gasteiger partial charge in [-0.15, -0.1) is 0 Å². The number of para-hydroxylation sites is 2. The molecule has 4 nitrogen and oxygen atoms in total. The molecule has 0 saturated heterocycles. The van der Waals surface area contributed by atoms with Crippen molar-refractivity contribution < 1.29 is 9.62 Å². The first-order valence-electron chi connectivity index (χ1n) is 5.97. The van der Waals surface area contributed by atoms with Gasteiger partial charge in [-0.05, 0) is 17.7 Å². The number of oxazole rings is 1. The van der Waals surface area contributed by atoms with Gasteiger partial charge in [0.2, 0.25) is 5.89 Å². The molecule has 0 aliphatic rings. The molecule has 0 radical (unpaired) electrons. The Labute approximate surface area is 110 Å². The first-order chi connectivity index (χ1) is 9.36. The number of oxime groups is 1. The van der Waals surface area contributed by atoms with Crippen LogP contribution in [0.2, 0.25) is 0 Å². The number of nitrogens with zero attached hydrogens (tertiary/aromatic N) is 2. The molecule has 94 valence electrons. The van der Waals surface area contributed by atoms with Gasteiger partial charge in [-0.3, -0.25) is 0 Å². The van der Waals surface area contributed by atoms with Crippen LogP contribution in [0.4, 0.5) is 0 Å². The lowest BCUT2D eigenvalue weighted by Gasteiger charge is -2.00. The fourth-order valence-electron chi connectivity index (χ4n) is 1.94. The maximum absolute atomic E-state index is 9.15. The van der Waals surface area contributed by atoms with E-state index >= 15 is 0 Å². The van der Waals surface area contributed by atoms with Gasteiger partial charge >= 0.3 is 0 Å². The molecule has 0 aliphatic heterocycles. The maximum atomic E-state index is 9.15. The van der Waals surface area contributed by atoms with Crippen LogP contribution in [0.5, 0.6) is 0 Å². The molecule has 0 saturated carbocycles. The molecule has 0 spiro atoms. The lowest BCUT2D eigenvalue weighted by atomic mass is 10.1. The van der Waals surface area contributed by atoms with Crippen molar-refractivity contribution in [3.05, 3.63) is 66.1 Å². The van der Waals surface area contributed by atoms with Crippen LogP contribution in [0.25, 0.3) is 11.1 Å². The third-order valence-electron chi connectivity index (χ3n) is 2.88. The summed E-state index contributed by atoms with van der Waals surface area (Å²) in [5.74, 6) is 0.354. The largest absolute Gasteiger partial charge is 0.435 e.